The zero-order valence-corrected chi connectivity index (χ0v) is 7.70. The van der Waals surface area contributed by atoms with E-state index in [0.29, 0.717) is 12.0 Å². The van der Waals surface area contributed by atoms with Gasteiger partial charge >= 0.3 is 5.69 Å². The van der Waals surface area contributed by atoms with Gasteiger partial charge in [-0.3, -0.25) is 10.1 Å². The lowest BCUT2D eigenvalue weighted by Crippen LogP contribution is -1.93. The fraction of sp³-hybridized carbons (Fsp3) is 0.250. The molecule has 0 aliphatic carbocycles. The highest BCUT2D eigenvalue weighted by Crippen LogP contribution is 2.26. The van der Waals surface area contributed by atoms with Crippen molar-refractivity contribution in [3.63, 3.8) is 0 Å². The Morgan fingerprint density at radius 2 is 2.33 bits per heavy atom. The first-order valence-corrected chi connectivity index (χ1v) is 4.12. The standard InChI is InChI=1S/C8H8N4O3/c9-11-10-4-3-6-1-2-8(13)7(5-6)12(14)15/h1-2,5,13H,3-4H2. The van der Waals surface area contributed by atoms with E-state index in [1.165, 1.54) is 12.1 Å². The normalized spacial score (nSPS) is 9.33. The number of azide groups is 1. The van der Waals surface area contributed by atoms with E-state index < -0.39 is 4.92 Å². The van der Waals surface area contributed by atoms with Crippen LogP contribution < -0.4 is 0 Å². The van der Waals surface area contributed by atoms with Crippen LogP contribution in [0.5, 0.6) is 5.75 Å². The van der Waals surface area contributed by atoms with Crippen LogP contribution in [-0.4, -0.2) is 16.6 Å². The minimum atomic E-state index is -0.660. The third-order valence-corrected chi connectivity index (χ3v) is 1.80. The molecule has 0 amide bonds. The lowest BCUT2D eigenvalue weighted by Gasteiger charge is -1.99. The maximum atomic E-state index is 10.5. The summed E-state index contributed by atoms with van der Waals surface area (Å²) in [7, 11) is 0. The SMILES string of the molecule is [N-]=[N+]=NCCc1ccc(O)c([N+](=O)[O-])c1. The van der Waals surface area contributed by atoms with Crippen LogP contribution in [0.3, 0.4) is 0 Å². The summed E-state index contributed by atoms with van der Waals surface area (Å²) in [5, 5.41) is 22.9. The molecular weight excluding hydrogens is 200 g/mol. The number of nitro groups is 1. The molecule has 0 bridgehead atoms. The fourth-order valence-electron chi connectivity index (χ4n) is 1.09. The Hall–Kier alpha value is -2.27. The minimum Gasteiger partial charge on any atom is -0.502 e. The summed E-state index contributed by atoms with van der Waals surface area (Å²) in [6.07, 6.45) is 0.408. The molecule has 1 aromatic rings. The van der Waals surface area contributed by atoms with Crippen molar-refractivity contribution in [3.05, 3.63) is 44.3 Å². The smallest absolute Gasteiger partial charge is 0.310 e. The van der Waals surface area contributed by atoms with Crippen molar-refractivity contribution in [2.75, 3.05) is 6.54 Å². The Morgan fingerprint density at radius 1 is 1.60 bits per heavy atom. The van der Waals surface area contributed by atoms with Gasteiger partial charge in [-0.25, -0.2) is 0 Å². The van der Waals surface area contributed by atoms with Gasteiger partial charge in [-0.1, -0.05) is 11.2 Å². The number of rotatable bonds is 4. The van der Waals surface area contributed by atoms with Crippen molar-refractivity contribution in [1.29, 1.82) is 0 Å². The average molecular weight is 208 g/mol. The number of hydrogen-bond donors (Lipinski definition) is 1. The molecule has 1 aromatic carbocycles. The average Bonchev–Trinajstić information content (AvgIpc) is 2.20. The molecular formula is C8H8N4O3. The third-order valence-electron chi connectivity index (χ3n) is 1.80. The summed E-state index contributed by atoms with van der Waals surface area (Å²) < 4.78 is 0. The molecule has 0 aliphatic heterocycles. The molecule has 15 heavy (non-hydrogen) atoms. The quantitative estimate of drug-likeness (QED) is 0.269. The summed E-state index contributed by atoms with van der Waals surface area (Å²) >= 11 is 0. The maximum Gasteiger partial charge on any atom is 0.310 e. The topological polar surface area (TPSA) is 112 Å². The summed E-state index contributed by atoms with van der Waals surface area (Å²) in [6.45, 7) is 0.235. The summed E-state index contributed by atoms with van der Waals surface area (Å²) in [4.78, 5) is 12.4. The van der Waals surface area contributed by atoms with Gasteiger partial charge in [-0.2, -0.15) is 0 Å². The first-order chi connectivity index (χ1) is 7.15. The highest BCUT2D eigenvalue weighted by Gasteiger charge is 2.12. The highest BCUT2D eigenvalue weighted by atomic mass is 16.6. The second-order valence-electron chi connectivity index (χ2n) is 2.78. The number of nitrogens with zero attached hydrogens (tertiary/aromatic N) is 4. The van der Waals surface area contributed by atoms with Gasteiger partial charge in [0.25, 0.3) is 0 Å². The molecule has 0 radical (unpaired) electrons. The van der Waals surface area contributed by atoms with Gasteiger partial charge < -0.3 is 5.11 Å². The minimum absolute atomic E-state index is 0.235. The molecule has 1 N–H and O–H groups in total. The Morgan fingerprint density at radius 3 is 2.93 bits per heavy atom. The van der Waals surface area contributed by atoms with Crippen LogP contribution in [0, 0.1) is 10.1 Å². The van der Waals surface area contributed by atoms with Crippen LogP contribution in [-0.2, 0) is 6.42 Å². The second kappa shape index (κ2) is 4.83. The molecule has 0 atom stereocenters. The Kier molecular flexibility index (Phi) is 3.48. The van der Waals surface area contributed by atoms with Gasteiger partial charge in [0.1, 0.15) is 0 Å². The van der Waals surface area contributed by atoms with Crippen LogP contribution in [0.25, 0.3) is 10.4 Å². The van der Waals surface area contributed by atoms with E-state index in [2.05, 4.69) is 10.0 Å². The molecule has 78 valence electrons. The molecule has 7 nitrogen and oxygen atoms in total. The van der Waals surface area contributed by atoms with Crippen molar-refractivity contribution in [1.82, 2.24) is 0 Å². The van der Waals surface area contributed by atoms with E-state index in [0.717, 1.165) is 0 Å². The zero-order valence-electron chi connectivity index (χ0n) is 7.70. The van der Waals surface area contributed by atoms with Crippen molar-refractivity contribution < 1.29 is 10.0 Å². The molecule has 0 saturated carbocycles. The predicted octanol–water partition coefficient (Wildman–Crippen LogP) is 2.15. The summed E-state index contributed by atoms with van der Waals surface area (Å²) in [5.74, 6) is -0.368. The number of phenols is 1. The number of aromatic hydroxyl groups is 1. The van der Waals surface area contributed by atoms with Crippen LogP contribution in [0.1, 0.15) is 5.56 Å². The van der Waals surface area contributed by atoms with Crippen LogP contribution in [0.15, 0.2) is 23.3 Å². The number of phenolic OH excluding ortho intramolecular Hbond substituents is 1. The van der Waals surface area contributed by atoms with E-state index in [1.807, 2.05) is 0 Å². The predicted molar refractivity (Wildman–Crippen MR) is 52.5 cm³/mol. The molecule has 0 saturated heterocycles. The highest BCUT2D eigenvalue weighted by molar-refractivity contribution is 5.47. The van der Waals surface area contributed by atoms with E-state index in [9.17, 15) is 10.1 Å². The fourth-order valence-corrected chi connectivity index (χ4v) is 1.09. The van der Waals surface area contributed by atoms with Crippen molar-refractivity contribution in [2.24, 2.45) is 5.11 Å². The first kappa shape index (κ1) is 10.8. The van der Waals surface area contributed by atoms with E-state index >= 15 is 0 Å². The molecule has 0 heterocycles. The Balaban J connectivity index is 2.87. The summed E-state index contributed by atoms with van der Waals surface area (Å²) in [6, 6.07) is 4.07. The van der Waals surface area contributed by atoms with Crippen molar-refractivity contribution in [2.45, 2.75) is 6.42 Å². The van der Waals surface area contributed by atoms with Gasteiger partial charge in [-0.05, 0) is 23.6 Å². The van der Waals surface area contributed by atoms with Crippen molar-refractivity contribution in [3.8, 4) is 5.75 Å². The molecule has 0 spiro atoms. The van der Waals surface area contributed by atoms with E-state index in [1.54, 1.807) is 6.07 Å². The lowest BCUT2D eigenvalue weighted by atomic mass is 10.1. The maximum absolute atomic E-state index is 10.5. The third kappa shape index (κ3) is 2.85. The van der Waals surface area contributed by atoms with Crippen LogP contribution >= 0.6 is 0 Å². The van der Waals surface area contributed by atoms with Crippen LogP contribution in [0.4, 0.5) is 5.69 Å². The number of benzene rings is 1. The zero-order chi connectivity index (χ0) is 11.3. The van der Waals surface area contributed by atoms with E-state index in [-0.39, 0.29) is 18.0 Å². The van der Waals surface area contributed by atoms with Crippen LogP contribution in [0.2, 0.25) is 0 Å². The van der Waals surface area contributed by atoms with Gasteiger partial charge in [0.2, 0.25) is 0 Å². The van der Waals surface area contributed by atoms with Gasteiger partial charge in [0.15, 0.2) is 5.75 Å². The van der Waals surface area contributed by atoms with Crippen molar-refractivity contribution >= 4 is 5.69 Å². The van der Waals surface area contributed by atoms with E-state index in [4.69, 9.17) is 10.6 Å². The Bertz CT molecular complexity index is 426. The number of nitro benzene ring substituents is 1. The van der Waals surface area contributed by atoms with Gasteiger partial charge in [0.05, 0.1) is 4.92 Å². The molecule has 1 rings (SSSR count). The molecule has 0 unspecified atom stereocenters. The Labute approximate surface area is 84.7 Å². The molecule has 7 heteroatoms. The monoisotopic (exact) mass is 208 g/mol. The molecule has 0 aromatic heterocycles. The second-order valence-corrected chi connectivity index (χ2v) is 2.78. The van der Waals surface area contributed by atoms with Gasteiger partial charge in [-0.15, -0.1) is 0 Å². The lowest BCUT2D eigenvalue weighted by molar-refractivity contribution is -0.385. The number of hydrogen-bond acceptors (Lipinski definition) is 4. The molecule has 0 fully saturated rings. The first-order valence-electron chi connectivity index (χ1n) is 4.12. The largest absolute Gasteiger partial charge is 0.502 e. The summed E-state index contributed by atoms with van der Waals surface area (Å²) in [5.41, 5.74) is 8.35. The molecule has 0 aliphatic rings. The van der Waals surface area contributed by atoms with Gasteiger partial charge in [0, 0.05) is 17.5 Å².